The number of hydrogen-bond donors (Lipinski definition) is 8. The van der Waals surface area contributed by atoms with E-state index in [2.05, 4.69) is 11.2 Å². The van der Waals surface area contributed by atoms with Gasteiger partial charge >= 0.3 is 0 Å². The zero-order valence-corrected chi connectivity index (χ0v) is 30.1. The number of Topliss-reactive ketones (excluding diaryl/α,β-unsaturated/α-hetero) is 1. The first-order valence-electron chi connectivity index (χ1n) is 17.0. The van der Waals surface area contributed by atoms with E-state index in [0.29, 0.717) is 11.3 Å². The molecule has 0 aromatic heterocycles. The summed E-state index contributed by atoms with van der Waals surface area (Å²) in [6, 6.07) is 15.7. The third-order valence-electron chi connectivity index (χ3n) is 7.89. The summed E-state index contributed by atoms with van der Waals surface area (Å²) in [5, 5.41) is 71.4. The normalized spacial score (nSPS) is 27.6. The van der Waals surface area contributed by atoms with Gasteiger partial charge in [0.2, 0.25) is 5.91 Å². The number of rotatable bonds is 13. The van der Waals surface area contributed by atoms with E-state index >= 15 is 0 Å². The number of aliphatic carboxylic acids is 1. The summed E-state index contributed by atoms with van der Waals surface area (Å²) in [7, 11) is 0. The molecule has 53 heavy (non-hydrogen) atoms. The van der Waals surface area contributed by atoms with Crippen molar-refractivity contribution in [2.45, 2.75) is 114 Å². The number of ether oxygens (including phenoxy) is 5. The van der Waals surface area contributed by atoms with Gasteiger partial charge in [-0.1, -0.05) is 37.3 Å². The Morgan fingerprint density at radius 3 is 2.15 bits per heavy atom. The third kappa shape index (κ3) is 15.1. The Morgan fingerprint density at radius 1 is 0.925 bits per heavy atom. The number of carboxylic acids is 1. The van der Waals surface area contributed by atoms with Gasteiger partial charge in [0, 0.05) is 32.3 Å². The number of carboxylic acid groups (broad SMARTS) is 1. The summed E-state index contributed by atoms with van der Waals surface area (Å²) in [6.45, 7) is 5.27. The van der Waals surface area contributed by atoms with Crippen molar-refractivity contribution in [1.29, 1.82) is 0 Å². The highest BCUT2D eigenvalue weighted by molar-refractivity contribution is 5.94. The number of amides is 1. The van der Waals surface area contributed by atoms with E-state index in [4.69, 9.17) is 40.0 Å². The number of carbonyl (C=O) groups excluding carboxylic acids is 2. The fraction of sp³-hybridized carbons (Fsp3) is 0.541. The minimum atomic E-state index is -1.57. The highest BCUT2D eigenvalue weighted by Crippen LogP contribution is 2.28. The molecule has 0 aliphatic carbocycles. The minimum absolute atomic E-state index is 0.0403. The van der Waals surface area contributed by atoms with Crippen molar-refractivity contribution in [1.82, 2.24) is 5.32 Å². The van der Waals surface area contributed by atoms with Crippen LogP contribution in [0.25, 0.3) is 0 Å². The number of ketones is 1. The van der Waals surface area contributed by atoms with E-state index in [-0.39, 0.29) is 38.3 Å². The lowest BCUT2D eigenvalue weighted by Crippen LogP contribution is -2.63. The first-order valence-corrected chi connectivity index (χ1v) is 17.0. The lowest BCUT2D eigenvalue weighted by molar-refractivity contribution is -0.316. The van der Waals surface area contributed by atoms with E-state index in [1.165, 1.54) is 6.92 Å². The van der Waals surface area contributed by atoms with Crippen LogP contribution in [0.3, 0.4) is 0 Å². The molecule has 0 bridgehead atoms. The molecule has 2 aromatic carbocycles. The predicted octanol–water partition coefficient (Wildman–Crippen LogP) is 0.735. The lowest BCUT2D eigenvalue weighted by atomic mass is 9.91. The molecule has 11 atom stereocenters. The quantitative estimate of drug-likeness (QED) is 0.0799. The van der Waals surface area contributed by atoms with Crippen molar-refractivity contribution in [3.05, 3.63) is 60.2 Å². The Labute approximate surface area is 308 Å². The van der Waals surface area contributed by atoms with Crippen LogP contribution in [0.5, 0.6) is 11.5 Å². The van der Waals surface area contributed by atoms with E-state index in [1.54, 1.807) is 26.0 Å². The van der Waals surface area contributed by atoms with Crippen LogP contribution >= 0.6 is 0 Å². The van der Waals surface area contributed by atoms with Crippen LogP contribution in [0.1, 0.15) is 57.3 Å². The zero-order valence-electron chi connectivity index (χ0n) is 30.1. The van der Waals surface area contributed by atoms with E-state index in [0.717, 1.165) is 12.7 Å². The summed E-state index contributed by atoms with van der Waals surface area (Å²) in [5.74, 6) is 2.56. The second-order valence-corrected chi connectivity index (χ2v) is 12.2. The van der Waals surface area contributed by atoms with Crippen LogP contribution < -0.4 is 10.1 Å². The Morgan fingerprint density at radius 2 is 1.57 bits per heavy atom. The maximum atomic E-state index is 11.5. The Balaban J connectivity index is 0.000000400. The van der Waals surface area contributed by atoms with E-state index in [9.17, 15) is 40.2 Å². The van der Waals surface area contributed by atoms with Crippen molar-refractivity contribution in [3.8, 4) is 23.8 Å². The molecule has 16 nitrogen and oxygen atoms in total. The molecular weight excluding hydrogens is 698 g/mol. The standard InChI is InChI=1S/C21H35NO11.C14H12O2.C2H4O2/c1-4-6-7-30-21-19(29)18(28)17(27)13(32-21)9-31-14-8-12(25)15(22-10(3)23)20(33-14)16(26)11(24)5-2;1-11(15)12-6-5-9-14(10-12)16-13-7-3-2-4-8-13;1-2(3)4/h1,11-21,24-29H,5-9H2,2-3H3,(H,22,23);2-10H,1H3;1H3,(H,3,4)/t11-,12+,13?,14?,15?,16?,17?,18?,19-,20-,21?;;/m1../s1. The number of terminal acetylenes is 1. The maximum absolute atomic E-state index is 11.5. The molecule has 2 heterocycles. The monoisotopic (exact) mass is 749 g/mol. The van der Waals surface area contributed by atoms with Gasteiger partial charge in [-0.2, -0.15) is 0 Å². The molecule has 2 fully saturated rings. The second-order valence-electron chi connectivity index (χ2n) is 12.2. The second kappa shape index (κ2) is 22.9. The lowest BCUT2D eigenvalue weighted by Gasteiger charge is -2.44. The third-order valence-corrected chi connectivity index (χ3v) is 7.89. The zero-order chi connectivity index (χ0) is 39.7. The van der Waals surface area contributed by atoms with Crippen molar-refractivity contribution in [2.24, 2.45) is 0 Å². The molecule has 2 aliphatic rings. The average molecular weight is 750 g/mol. The number of hydrogen-bond acceptors (Lipinski definition) is 14. The molecule has 8 N–H and O–H groups in total. The summed E-state index contributed by atoms with van der Waals surface area (Å²) in [5.41, 5.74) is 0.661. The molecule has 2 aromatic rings. The number of carbonyl (C=O) groups is 3. The van der Waals surface area contributed by atoms with Crippen LogP contribution in [0.4, 0.5) is 0 Å². The van der Waals surface area contributed by atoms with Gasteiger partial charge in [-0.25, -0.2) is 0 Å². The molecule has 7 unspecified atom stereocenters. The molecule has 0 radical (unpaired) electrons. The van der Waals surface area contributed by atoms with Gasteiger partial charge in [0.1, 0.15) is 48.1 Å². The Hall–Kier alpha value is -3.99. The summed E-state index contributed by atoms with van der Waals surface area (Å²) in [4.78, 5) is 31.7. The number of aliphatic hydroxyl groups is 6. The molecule has 0 saturated carbocycles. The van der Waals surface area contributed by atoms with Crippen molar-refractivity contribution < 1.29 is 73.8 Å². The molecule has 294 valence electrons. The van der Waals surface area contributed by atoms with Gasteiger partial charge in [0.15, 0.2) is 18.4 Å². The fourth-order valence-corrected chi connectivity index (χ4v) is 5.18. The molecular formula is C37H51NO15. The first-order chi connectivity index (χ1) is 25.1. The summed E-state index contributed by atoms with van der Waals surface area (Å²) >= 11 is 0. The van der Waals surface area contributed by atoms with Crippen LogP contribution in [0, 0.1) is 12.3 Å². The van der Waals surface area contributed by atoms with Gasteiger partial charge in [0.25, 0.3) is 5.97 Å². The van der Waals surface area contributed by atoms with Gasteiger partial charge in [-0.3, -0.25) is 14.4 Å². The molecule has 2 aliphatic heterocycles. The average Bonchev–Trinajstić information content (AvgIpc) is 3.12. The minimum Gasteiger partial charge on any atom is -0.481 e. The molecule has 16 heteroatoms. The number of nitrogens with one attached hydrogen (secondary N) is 1. The SMILES string of the molecule is C#CCCOC1OC(COC2C[C@H](O)C(NC(C)=O)[C@H](C(O)[C@H](O)CC)O2)C(O)C(O)[C@H]1O.CC(=O)O.CC(=O)c1cccc(Oc2ccccc2)c1. The largest absolute Gasteiger partial charge is 0.481 e. The fourth-order valence-electron chi connectivity index (χ4n) is 5.18. The van der Waals surface area contributed by atoms with E-state index in [1.807, 2.05) is 42.5 Å². The molecule has 2 saturated heterocycles. The van der Waals surface area contributed by atoms with Gasteiger partial charge in [-0.15, -0.1) is 12.3 Å². The number of para-hydroxylation sites is 1. The maximum Gasteiger partial charge on any atom is 0.300 e. The molecule has 1 amide bonds. The van der Waals surface area contributed by atoms with E-state index < -0.39 is 79.3 Å². The van der Waals surface area contributed by atoms with Crippen LogP contribution in [0.15, 0.2) is 54.6 Å². The summed E-state index contributed by atoms with van der Waals surface area (Å²) < 4.78 is 27.8. The van der Waals surface area contributed by atoms with Crippen molar-refractivity contribution >= 4 is 17.7 Å². The Bertz CT molecular complexity index is 1450. The van der Waals surface area contributed by atoms with Crippen LogP contribution in [0.2, 0.25) is 0 Å². The highest BCUT2D eigenvalue weighted by atomic mass is 16.7. The van der Waals surface area contributed by atoms with Crippen LogP contribution in [-0.2, 0) is 28.5 Å². The topological polar surface area (TPSA) is 251 Å². The number of benzene rings is 2. The van der Waals surface area contributed by atoms with Crippen molar-refractivity contribution in [3.63, 3.8) is 0 Å². The highest BCUT2D eigenvalue weighted by Gasteiger charge is 2.47. The van der Waals surface area contributed by atoms with Gasteiger partial charge in [-0.05, 0) is 37.6 Å². The van der Waals surface area contributed by atoms with Crippen molar-refractivity contribution in [2.75, 3.05) is 13.2 Å². The smallest absolute Gasteiger partial charge is 0.300 e. The molecule has 0 spiro atoms. The van der Waals surface area contributed by atoms with Crippen LogP contribution in [-0.4, -0.2) is 134 Å². The Kier molecular flexibility index (Phi) is 19.5. The van der Waals surface area contributed by atoms with Gasteiger partial charge < -0.3 is 64.7 Å². The number of aliphatic hydroxyl groups excluding tert-OH is 6. The van der Waals surface area contributed by atoms with Gasteiger partial charge in [0.05, 0.1) is 31.5 Å². The summed E-state index contributed by atoms with van der Waals surface area (Å²) in [6.07, 6.45) is -7.43. The first kappa shape index (κ1) is 45.2. The predicted molar refractivity (Wildman–Crippen MR) is 188 cm³/mol. The molecule has 4 rings (SSSR count).